The number of rotatable bonds is 6. The van der Waals surface area contributed by atoms with E-state index in [1.165, 1.54) is 12.1 Å². The molecule has 0 spiro atoms. The lowest BCUT2D eigenvalue weighted by Gasteiger charge is -2.36. The first-order valence-electron chi connectivity index (χ1n) is 9.51. The van der Waals surface area contributed by atoms with Gasteiger partial charge >= 0.3 is 0 Å². The Labute approximate surface area is 164 Å². The van der Waals surface area contributed by atoms with E-state index in [2.05, 4.69) is 0 Å². The fraction of sp³-hybridized carbons (Fsp3) is 0.409. The maximum Gasteiger partial charge on any atom is 0.257 e. The van der Waals surface area contributed by atoms with E-state index in [-0.39, 0.29) is 11.6 Å². The second-order valence-corrected chi connectivity index (χ2v) is 6.98. The van der Waals surface area contributed by atoms with Crippen LogP contribution in [0.5, 0.6) is 11.5 Å². The van der Waals surface area contributed by atoms with E-state index in [0.29, 0.717) is 18.0 Å². The quantitative estimate of drug-likeness (QED) is 0.724. The highest BCUT2D eigenvalue weighted by Gasteiger charge is 2.29. The van der Waals surface area contributed by atoms with Gasteiger partial charge in [0.05, 0.1) is 19.8 Å². The summed E-state index contributed by atoms with van der Waals surface area (Å²) in [6.45, 7) is 0.561. The standard InChI is InChI=1S/C22H25F2NO3/c1-27-19-12-10-15(14-20(19)28-2)9-11-16-6-3-4-13-25(16)22(26)17-7-5-8-18(23)21(17)24/h5,7-8,10,12,14,16H,3-4,6,9,11,13H2,1-2H3. The van der Waals surface area contributed by atoms with Crippen LogP contribution >= 0.6 is 0 Å². The van der Waals surface area contributed by atoms with E-state index < -0.39 is 17.5 Å². The Balaban J connectivity index is 1.73. The molecule has 3 rings (SSSR count). The monoisotopic (exact) mass is 389 g/mol. The summed E-state index contributed by atoms with van der Waals surface area (Å²) in [5, 5.41) is 0. The van der Waals surface area contributed by atoms with Crippen LogP contribution in [0.25, 0.3) is 0 Å². The molecule has 0 aliphatic carbocycles. The molecule has 0 bridgehead atoms. The molecule has 4 nitrogen and oxygen atoms in total. The number of amides is 1. The van der Waals surface area contributed by atoms with Crippen LogP contribution in [0.3, 0.4) is 0 Å². The number of carbonyl (C=O) groups is 1. The van der Waals surface area contributed by atoms with Gasteiger partial charge < -0.3 is 14.4 Å². The van der Waals surface area contributed by atoms with Crippen molar-refractivity contribution in [3.05, 3.63) is 59.2 Å². The molecule has 2 aromatic rings. The Morgan fingerprint density at radius 2 is 1.89 bits per heavy atom. The SMILES string of the molecule is COc1ccc(CCC2CCCCN2C(=O)c2cccc(F)c2F)cc1OC. The molecule has 1 fully saturated rings. The van der Waals surface area contributed by atoms with Crippen molar-refractivity contribution in [1.82, 2.24) is 4.90 Å². The fourth-order valence-electron chi connectivity index (χ4n) is 3.76. The van der Waals surface area contributed by atoms with Gasteiger partial charge in [-0.1, -0.05) is 12.1 Å². The topological polar surface area (TPSA) is 38.8 Å². The van der Waals surface area contributed by atoms with Gasteiger partial charge in [-0.25, -0.2) is 8.78 Å². The summed E-state index contributed by atoms with van der Waals surface area (Å²) in [6.07, 6.45) is 4.25. The van der Waals surface area contributed by atoms with E-state index in [9.17, 15) is 13.6 Å². The summed E-state index contributed by atoms with van der Waals surface area (Å²) in [5.74, 6) is -1.17. The van der Waals surface area contributed by atoms with Gasteiger partial charge in [-0.05, 0) is 61.9 Å². The first kappa shape index (κ1) is 20.1. The Morgan fingerprint density at radius 3 is 2.64 bits per heavy atom. The first-order chi connectivity index (χ1) is 13.5. The van der Waals surface area contributed by atoms with Gasteiger partial charge in [0, 0.05) is 12.6 Å². The predicted octanol–water partition coefficient (Wildman–Crippen LogP) is 4.61. The minimum atomic E-state index is -1.07. The third-order valence-electron chi connectivity index (χ3n) is 5.28. The normalized spacial score (nSPS) is 16.7. The van der Waals surface area contributed by atoms with Crippen LogP contribution in [0, 0.1) is 11.6 Å². The second kappa shape index (κ2) is 9.04. The Kier molecular flexibility index (Phi) is 6.49. The number of nitrogens with zero attached hydrogens (tertiary/aromatic N) is 1. The highest BCUT2D eigenvalue weighted by Crippen LogP contribution is 2.29. The lowest BCUT2D eigenvalue weighted by Crippen LogP contribution is -2.44. The van der Waals surface area contributed by atoms with Crippen LogP contribution < -0.4 is 9.47 Å². The van der Waals surface area contributed by atoms with E-state index in [4.69, 9.17) is 9.47 Å². The van der Waals surface area contributed by atoms with Crippen LogP contribution in [-0.2, 0) is 6.42 Å². The molecule has 0 aromatic heterocycles. The molecule has 1 unspecified atom stereocenters. The molecular formula is C22H25F2NO3. The number of hydrogen-bond donors (Lipinski definition) is 0. The van der Waals surface area contributed by atoms with Gasteiger partial charge in [0.15, 0.2) is 23.1 Å². The summed E-state index contributed by atoms with van der Waals surface area (Å²) in [5.41, 5.74) is 0.880. The van der Waals surface area contributed by atoms with Crippen molar-refractivity contribution in [2.45, 2.75) is 38.1 Å². The zero-order chi connectivity index (χ0) is 20.1. The van der Waals surface area contributed by atoms with Crippen molar-refractivity contribution in [2.75, 3.05) is 20.8 Å². The zero-order valence-electron chi connectivity index (χ0n) is 16.2. The van der Waals surface area contributed by atoms with Crippen LogP contribution in [0.2, 0.25) is 0 Å². The molecule has 2 aromatic carbocycles. The van der Waals surface area contributed by atoms with Crippen molar-refractivity contribution in [3.8, 4) is 11.5 Å². The maximum atomic E-state index is 14.1. The number of benzene rings is 2. The summed E-state index contributed by atoms with van der Waals surface area (Å²) >= 11 is 0. The highest BCUT2D eigenvalue weighted by atomic mass is 19.2. The highest BCUT2D eigenvalue weighted by molar-refractivity contribution is 5.94. The first-order valence-corrected chi connectivity index (χ1v) is 9.51. The molecule has 28 heavy (non-hydrogen) atoms. The van der Waals surface area contributed by atoms with Crippen LogP contribution in [-0.4, -0.2) is 37.6 Å². The smallest absolute Gasteiger partial charge is 0.257 e. The Hall–Kier alpha value is -2.63. The zero-order valence-corrected chi connectivity index (χ0v) is 16.2. The van der Waals surface area contributed by atoms with Crippen molar-refractivity contribution in [2.24, 2.45) is 0 Å². The number of piperidine rings is 1. The van der Waals surface area contributed by atoms with Crippen LogP contribution in [0.15, 0.2) is 36.4 Å². The minimum absolute atomic E-state index is 0.00276. The number of halogens is 2. The largest absolute Gasteiger partial charge is 0.493 e. The van der Waals surface area contributed by atoms with E-state index in [1.807, 2.05) is 18.2 Å². The van der Waals surface area contributed by atoms with Crippen LogP contribution in [0.1, 0.15) is 41.6 Å². The van der Waals surface area contributed by atoms with Gasteiger partial charge in [-0.15, -0.1) is 0 Å². The molecule has 1 atom stereocenters. The van der Waals surface area contributed by atoms with Gasteiger partial charge in [0.2, 0.25) is 0 Å². The van der Waals surface area contributed by atoms with Crippen molar-refractivity contribution in [1.29, 1.82) is 0 Å². The lowest BCUT2D eigenvalue weighted by molar-refractivity contribution is 0.0596. The molecule has 0 radical (unpaired) electrons. The summed E-state index contributed by atoms with van der Waals surface area (Å²) in [7, 11) is 3.19. The molecule has 150 valence electrons. The summed E-state index contributed by atoms with van der Waals surface area (Å²) in [6, 6.07) is 9.51. The van der Waals surface area contributed by atoms with Gasteiger partial charge in [-0.3, -0.25) is 4.79 Å². The van der Waals surface area contributed by atoms with Crippen molar-refractivity contribution < 1.29 is 23.0 Å². The second-order valence-electron chi connectivity index (χ2n) is 6.98. The van der Waals surface area contributed by atoms with Gasteiger partial charge in [-0.2, -0.15) is 0 Å². The predicted molar refractivity (Wildman–Crippen MR) is 103 cm³/mol. The van der Waals surface area contributed by atoms with Crippen molar-refractivity contribution in [3.63, 3.8) is 0 Å². The molecule has 1 aliphatic heterocycles. The third-order valence-corrected chi connectivity index (χ3v) is 5.28. The van der Waals surface area contributed by atoms with E-state index in [0.717, 1.165) is 43.7 Å². The van der Waals surface area contributed by atoms with Gasteiger partial charge in [0.1, 0.15) is 0 Å². The molecule has 0 N–H and O–H groups in total. The average Bonchev–Trinajstić information content (AvgIpc) is 2.73. The summed E-state index contributed by atoms with van der Waals surface area (Å²) in [4.78, 5) is 14.6. The van der Waals surface area contributed by atoms with E-state index in [1.54, 1.807) is 19.1 Å². The molecule has 1 aliphatic rings. The number of carbonyl (C=O) groups excluding carboxylic acids is 1. The average molecular weight is 389 g/mol. The number of likely N-dealkylation sites (tertiary alicyclic amines) is 1. The molecule has 1 amide bonds. The van der Waals surface area contributed by atoms with Crippen molar-refractivity contribution >= 4 is 5.91 Å². The Bertz CT molecular complexity index is 841. The van der Waals surface area contributed by atoms with Crippen LogP contribution in [0.4, 0.5) is 8.78 Å². The molecule has 0 saturated carbocycles. The van der Waals surface area contributed by atoms with Gasteiger partial charge in [0.25, 0.3) is 5.91 Å². The fourth-order valence-corrected chi connectivity index (χ4v) is 3.76. The number of methoxy groups -OCH3 is 2. The molecule has 1 heterocycles. The maximum absolute atomic E-state index is 14.1. The lowest BCUT2D eigenvalue weighted by atomic mass is 9.95. The molecule has 1 saturated heterocycles. The Morgan fingerprint density at radius 1 is 1.11 bits per heavy atom. The summed E-state index contributed by atoms with van der Waals surface area (Å²) < 4.78 is 38.2. The number of aryl methyl sites for hydroxylation is 1. The third kappa shape index (κ3) is 4.26. The van der Waals surface area contributed by atoms with E-state index >= 15 is 0 Å². The molecular weight excluding hydrogens is 364 g/mol. The molecule has 6 heteroatoms. The minimum Gasteiger partial charge on any atom is -0.493 e. The number of hydrogen-bond acceptors (Lipinski definition) is 3. The number of ether oxygens (including phenoxy) is 2.